The zero-order valence-corrected chi connectivity index (χ0v) is 16.7. The van der Waals surface area contributed by atoms with Crippen molar-refractivity contribution in [3.63, 3.8) is 0 Å². The molecule has 1 N–H and O–H groups in total. The highest BCUT2D eigenvalue weighted by Crippen LogP contribution is 2.38. The van der Waals surface area contributed by atoms with Gasteiger partial charge in [-0.1, -0.05) is 11.6 Å². The van der Waals surface area contributed by atoms with Gasteiger partial charge in [-0.15, -0.1) is 0 Å². The van der Waals surface area contributed by atoms with E-state index >= 15 is 0 Å². The highest BCUT2D eigenvalue weighted by molar-refractivity contribution is 5.91. The first-order valence-corrected chi connectivity index (χ1v) is 9.86. The van der Waals surface area contributed by atoms with Crippen LogP contribution >= 0.6 is 0 Å². The molecule has 1 atom stereocenters. The number of rotatable bonds is 8. The first-order chi connectivity index (χ1) is 14.4. The Morgan fingerprint density at radius 1 is 1.30 bits per heavy atom. The van der Waals surface area contributed by atoms with Crippen LogP contribution in [0.1, 0.15) is 44.6 Å². The molecule has 9 heteroatoms. The number of allylic oxidation sites excluding steroid dienone is 1. The number of fused-ring (bicyclic) bond motifs is 1. The summed E-state index contributed by atoms with van der Waals surface area (Å²) in [5, 5.41) is 14.0. The van der Waals surface area contributed by atoms with Crippen LogP contribution in [0, 0.1) is 10.1 Å². The van der Waals surface area contributed by atoms with E-state index in [1.54, 1.807) is 0 Å². The molecule has 0 bridgehead atoms. The van der Waals surface area contributed by atoms with E-state index in [1.807, 2.05) is 0 Å². The highest BCUT2D eigenvalue weighted by atomic mass is 16.7. The Morgan fingerprint density at radius 2 is 2.07 bits per heavy atom. The molecule has 30 heavy (non-hydrogen) atoms. The second-order valence-electron chi connectivity index (χ2n) is 7.08. The van der Waals surface area contributed by atoms with E-state index in [4.69, 9.17) is 14.2 Å². The van der Waals surface area contributed by atoms with Crippen LogP contribution in [0.3, 0.4) is 0 Å². The smallest absolute Gasteiger partial charge is 0.331 e. The summed E-state index contributed by atoms with van der Waals surface area (Å²) in [4.78, 5) is 34.8. The predicted molar refractivity (Wildman–Crippen MR) is 108 cm³/mol. The second kappa shape index (κ2) is 9.91. The lowest BCUT2D eigenvalue weighted by Gasteiger charge is -2.15. The summed E-state index contributed by atoms with van der Waals surface area (Å²) in [6, 6.07) is 2.66. The largest absolute Gasteiger partial charge is 0.454 e. The van der Waals surface area contributed by atoms with Crippen LogP contribution in [0.5, 0.6) is 11.5 Å². The zero-order chi connectivity index (χ0) is 21.5. The van der Waals surface area contributed by atoms with Crippen LogP contribution in [0.2, 0.25) is 0 Å². The van der Waals surface area contributed by atoms with Crippen molar-refractivity contribution in [2.24, 2.45) is 0 Å². The van der Waals surface area contributed by atoms with Gasteiger partial charge in [-0.25, -0.2) is 4.79 Å². The number of benzene rings is 1. The van der Waals surface area contributed by atoms with Crippen LogP contribution in [0.25, 0.3) is 6.08 Å². The minimum Gasteiger partial charge on any atom is -0.454 e. The summed E-state index contributed by atoms with van der Waals surface area (Å²) in [5.74, 6) is -0.535. The van der Waals surface area contributed by atoms with Gasteiger partial charge in [0.2, 0.25) is 6.79 Å². The van der Waals surface area contributed by atoms with Gasteiger partial charge in [0.15, 0.2) is 17.6 Å². The van der Waals surface area contributed by atoms with E-state index < -0.39 is 17.0 Å². The third-order valence-electron chi connectivity index (χ3n) is 4.91. The van der Waals surface area contributed by atoms with E-state index in [-0.39, 0.29) is 29.7 Å². The first kappa shape index (κ1) is 21.4. The average molecular weight is 416 g/mol. The molecule has 1 amide bonds. The lowest BCUT2D eigenvalue weighted by Crippen LogP contribution is -2.36. The Kier molecular flexibility index (Phi) is 7.05. The minimum absolute atomic E-state index is 0.0222. The van der Waals surface area contributed by atoms with Crippen molar-refractivity contribution in [2.75, 3.05) is 13.3 Å². The fourth-order valence-corrected chi connectivity index (χ4v) is 3.29. The number of nitrogens with one attached hydrogen (secondary N) is 1. The molecule has 1 heterocycles. The van der Waals surface area contributed by atoms with Gasteiger partial charge in [-0.05, 0) is 51.2 Å². The lowest BCUT2D eigenvalue weighted by molar-refractivity contribution is -0.385. The third-order valence-corrected chi connectivity index (χ3v) is 4.91. The van der Waals surface area contributed by atoms with Gasteiger partial charge in [0.25, 0.3) is 11.6 Å². The number of nitrogens with zero attached hydrogens (tertiary/aromatic N) is 1. The summed E-state index contributed by atoms with van der Waals surface area (Å²) >= 11 is 0. The van der Waals surface area contributed by atoms with Crippen LogP contribution in [0.15, 0.2) is 29.9 Å². The summed E-state index contributed by atoms with van der Waals surface area (Å²) in [5.41, 5.74) is 1.28. The normalized spacial score (nSPS) is 16.1. The second-order valence-corrected chi connectivity index (χ2v) is 7.08. The number of ether oxygens (including phenoxy) is 3. The van der Waals surface area contributed by atoms with E-state index in [1.165, 1.54) is 43.5 Å². The summed E-state index contributed by atoms with van der Waals surface area (Å²) in [7, 11) is 0. The molecule has 1 aromatic rings. The van der Waals surface area contributed by atoms with Crippen molar-refractivity contribution in [1.29, 1.82) is 0 Å². The fourth-order valence-electron chi connectivity index (χ4n) is 3.29. The molecule has 9 nitrogen and oxygen atoms in total. The molecule has 2 aliphatic rings. The number of hydrogen-bond acceptors (Lipinski definition) is 7. The number of esters is 1. The number of carbonyl (C=O) groups excluding carboxylic acids is 2. The highest BCUT2D eigenvalue weighted by Gasteiger charge is 2.22. The molecule has 0 aromatic heterocycles. The SMILES string of the molecule is C[C@H](OC(=O)/C=C/c1cc2c(cc1[N+](=O)[O-])OCO2)C(=O)NCCC1=CCCCC1. The van der Waals surface area contributed by atoms with Crippen molar-refractivity contribution in [3.05, 3.63) is 45.5 Å². The maximum atomic E-state index is 12.1. The van der Waals surface area contributed by atoms with Crippen molar-refractivity contribution >= 4 is 23.6 Å². The molecule has 0 saturated heterocycles. The van der Waals surface area contributed by atoms with Gasteiger partial charge < -0.3 is 19.5 Å². The molecule has 0 unspecified atom stereocenters. The Hall–Kier alpha value is -3.36. The van der Waals surface area contributed by atoms with Gasteiger partial charge in [-0.2, -0.15) is 0 Å². The van der Waals surface area contributed by atoms with E-state index in [9.17, 15) is 19.7 Å². The maximum Gasteiger partial charge on any atom is 0.331 e. The van der Waals surface area contributed by atoms with Crippen LogP contribution in [-0.4, -0.2) is 36.2 Å². The van der Waals surface area contributed by atoms with Crippen LogP contribution in [0.4, 0.5) is 5.69 Å². The zero-order valence-electron chi connectivity index (χ0n) is 16.7. The average Bonchev–Trinajstić information content (AvgIpc) is 3.19. The molecule has 0 radical (unpaired) electrons. The molecule has 1 aliphatic carbocycles. The molecule has 3 rings (SSSR count). The van der Waals surface area contributed by atoms with E-state index in [2.05, 4.69) is 11.4 Å². The van der Waals surface area contributed by atoms with Crippen molar-refractivity contribution in [1.82, 2.24) is 5.32 Å². The molecule has 0 fully saturated rings. The first-order valence-electron chi connectivity index (χ1n) is 9.86. The number of carbonyl (C=O) groups is 2. The fraction of sp³-hybridized carbons (Fsp3) is 0.429. The summed E-state index contributed by atoms with van der Waals surface area (Å²) in [6.07, 6.45) is 8.88. The number of hydrogen-bond donors (Lipinski definition) is 1. The van der Waals surface area contributed by atoms with Gasteiger partial charge in [0.1, 0.15) is 0 Å². The van der Waals surface area contributed by atoms with Crippen molar-refractivity contribution in [2.45, 2.75) is 45.1 Å². The van der Waals surface area contributed by atoms with Gasteiger partial charge in [0.05, 0.1) is 16.6 Å². The van der Waals surface area contributed by atoms with Crippen molar-refractivity contribution < 1.29 is 28.7 Å². The molecule has 160 valence electrons. The van der Waals surface area contributed by atoms with Gasteiger partial charge >= 0.3 is 5.97 Å². The standard InChI is InChI=1S/C21H24N2O7/c1-14(21(25)22-10-9-15-5-3-2-4-6-15)30-20(24)8-7-16-11-18-19(29-13-28-18)12-17(16)23(26)27/h5,7-8,11-12,14H,2-4,6,9-10,13H2,1H3,(H,22,25)/b8-7+/t14-/m0/s1. The number of nitro benzene ring substituents is 1. The van der Waals surface area contributed by atoms with E-state index in [0.29, 0.717) is 12.3 Å². The molecular weight excluding hydrogens is 392 g/mol. The Balaban J connectivity index is 1.52. The Morgan fingerprint density at radius 3 is 2.77 bits per heavy atom. The third kappa shape index (κ3) is 5.59. The molecule has 0 saturated carbocycles. The Labute approximate surface area is 173 Å². The molecule has 1 aromatic carbocycles. The van der Waals surface area contributed by atoms with Crippen LogP contribution < -0.4 is 14.8 Å². The van der Waals surface area contributed by atoms with Crippen molar-refractivity contribution in [3.8, 4) is 11.5 Å². The molecule has 0 spiro atoms. The predicted octanol–water partition coefficient (Wildman–Crippen LogP) is 3.28. The van der Waals surface area contributed by atoms with Gasteiger partial charge in [0, 0.05) is 12.6 Å². The number of amides is 1. The monoisotopic (exact) mass is 416 g/mol. The minimum atomic E-state index is -0.978. The quantitative estimate of drug-likeness (QED) is 0.227. The topological polar surface area (TPSA) is 117 Å². The van der Waals surface area contributed by atoms with E-state index in [0.717, 1.165) is 25.3 Å². The molecule has 1 aliphatic heterocycles. The molecular formula is C21H24N2O7. The Bertz CT molecular complexity index is 892. The summed E-state index contributed by atoms with van der Waals surface area (Å²) < 4.78 is 15.4. The number of nitro groups is 1. The lowest BCUT2D eigenvalue weighted by atomic mass is 9.97. The maximum absolute atomic E-state index is 12.1. The summed E-state index contributed by atoms with van der Waals surface area (Å²) in [6.45, 7) is 1.95. The van der Waals surface area contributed by atoms with Gasteiger partial charge in [-0.3, -0.25) is 14.9 Å². The van der Waals surface area contributed by atoms with Crippen LogP contribution in [-0.2, 0) is 14.3 Å².